The number of amides is 4. The molecule has 0 aromatic carbocycles. The van der Waals surface area contributed by atoms with Gasteiger partial charge >= 0.3 is 5.97 Å². The molecule has 0 aliphatic heterocycles. The van der Waals surface area contributed by atoms with E-state index in [0.717, 1.165) is 0 Å². The third-order valence-electron chi connectivity index (χ3n) is 5.24. The number of aliphatic hydroxyl groups is 1. The quantitative estimate of drug-likeness (QED) is 0.0431. The van der Waals surface area contributed by atoms with Crippen LogP contribution in [0, 0.1) is 0 Å². The zero-order valence-corrected chi connectivity index (χ0v) is 21.0. The van der Waals surface area contributed by atoms with E-state index in [9.17, 15) is 34.2 Å². The summed E-state index contributed by atoms with van der Waals surface area (Å²) in [5, 5.41) is 26.0. The molecule has 16 heteroatoms. The Labute approximate surface area is 215 Å². The Morgan fingerprint density at radius 3 is 1.92 bits per heavy atom. The lowest BCUT2D eigenvalue weighted by Gasteiger charge is -2.25. The number of hydrogen-bond acceptors (Lipinski definition) is 9. The first-order chi connectivity index (χ1) is 17.3. The molecular weight excluding hydrogens is 490 g/mol. The number of nitrogens with one attached hydrogen (secondary N) is 3. The molecule has 5 unspecified atom stereocenters. The van der Waals surface area contributed by atoms with Gasteiger partial charge in [-0.3, -0.25) is 24.2 Å². The number of rotatable bonds is 19. The average Bonchev–Trinajstić information content (AvgIpc) is 2.80. The van der Waals surface area contributed by atoms with Gasteiger partial charge < -0.3 is 54.8 Å². The van der Waals surface area contributed by atoms with E-state index in [1.165, 1.54) is 6.92 Å². The van der Waals surface area contributed by atoms with Crippen LogP contribution in [0.3, 0.4) is 0 Å². The van der Waals surface area contributed by atoms with Gasteiger partial charge in [-0.25, -0.2) is 4.79 Å². The summed E-state index contributed by atoms with van der Waals surface area (Å²) >= 11 is 0. The Bertz CT molecular complexity index is 803. The number of unbranched alkanes of at least 4 members (excludes halogenated alkanes) is 1. The number of aliphatic carboxylic acids is 1. The van der Waals surface area contributed by atoms with Crippen LogP contribution in [0.1, 0.15) is 51.9 Å². The van der Waals surface area contributed by atoms with Crippen molar-refractivity contribution >= 4 is 35.6 Å². The first-order valence-electron chi connectivity index (χ1n) is 11.9. The highest BCUT2D eigenvalue weighted by atomic mass is 16.4. The predicted molar refractivity (Wildman–Crippen MR) is 134 cm³/mol. The van der Waals surface area contributed by atoms with Gasteiger partial charge in [-0.15, -0.1) is 0 Å². The fourth-order valence-corrected chi connectivity index (χ4v) is 3.16. The van der Waals surface area contributed by atoms with E-state index >= 15 is 0 Å². The van der Waals surface area contributed by atoms with Crippen molar-refractivity contribution in [3.8, 4) is 0 Å². The molecule has 5 atom stereocenters. The molecule has 212 valence electrons. The second-order valence-electron chi connectivity index (χ2n) is 8.53. The van der Waals surface area contributed by atoms with E-state index in [1.807, 2.05) is 0 Å². The topological polar surface area (TPSA) is 304 Å². The van der Waals surface area contributed by atoms with Gasteiger partial charge in [0.25, 0.3) is 0 Å². The van der Waals surface area contributed by atoms with E-state index in [4.69, 9.17) is 28.7 Å². The summed E-state index contributed by atoms with van der Waals surface area (Å²) in [6.07, 6.45) is -0.0755. The maximum atomic E-state index is 13.0. The highest BCUT2D eigenvalue weighted by Crippen LogP contribution is 2.06. The first kappa shape index (κ1) is 33.5. The maximum absolute atomic E-state index is 13.0. The summed E-state index contributed by atoms with van der Waals surface area (Å²) in [6, 6.07) is -5.12. The lowest BCUT2D eigenvalue weighted by molar-refractivity contribution is -0.145. The molecule has 15 N–H and O–H groups in total. The maximum Gasteiger partial charge on any atom is 0.328 e. The highest BCUT2D eigenvalue weighted by molar-refractivity contribution is 5.94. The Balaban J connectivity index is 5.62. The van der Waals surface area contributed by atoms with Crippen LogP contribution < -0.4 is 44.6 Å². The molecule has 0 fully saturated rings. The van der Waals surface area contributed by atoms with E-state index in [2.05, 4.69) is 20.9 Å². The zero-order valence-electron chi connectivity index (χ0n) is 21.0. The van der Waals surface area contributed by atoms with Crippen LogP contribution in [0.25, 0.3) is 0 Å². The van der Waals surface area contributed by atoms with Crippen LogP contribution in [0.2, 0.25) is 0 Å². The lowest BCUT2D eigenvalue weighted by Crippen LogP contribution is -2.58. The molecule has 16 nitrogen and oxygen atoms in total. The molecule has 0 rings (SSSR count). The third kappa shape index (κ3) is 14.6. The minimum absolute atomic E-state index is 0.0183. The van der Waals surface area contributed by atoms with Crippen LogP contribution in [0.4, 0.5) is 0 Å². The van der Waals surface area contributed by atoms with Crippen molar-refractivity contribution in [1.29, 1.82) is 0 Å². The van der Waals surface area contributed by atoms with Crippen molar-refractivity contribution in [3.05, 3.63) is 0 Å². The van der Waals surface area contributed by atoms with E-state index < -0.39 is 59.9 Å². The van der Waals surface area contributed by atoms with Crippen molar-refractivity contribution in [3.63, 3.8) is 0 Å². The van der Waals surface area contributed by atoms with Gasteiger partial charge in [0.15, 0.2) is 12.0 Å². The smallest absolute Gasteiger partial charge is 0.328 e. The van der Waals surface area contributed by atoms with Crippen LogP contribution in [0.15, 0.2) is 4.99 Å². The van der Waals surface area contributed by atoms with E-state index in [-0.39, 0.29) is 38.2 Å². The molecule has 0 aliphatic carbocycles. The van der Waals surface area contributed by atoms with Gasteiger partial charge in [-0.05, 0) is 45.6 Å². The van der Waals surface area contributed by atoms with Gasteiger partial charge in [0, 0.05) is 13.0 Å². The molecule has 0 bridgehead atoms. The van der Waals surface area contributed by atoms with Crippen molar-refractivity contribution in [2.75, 3.05) is 13.1 Å². The summed E-state index contributed by atoms with van der Waals surface area (Å²) in [5.41, 5.74) is 27.1. The summed E-state index contributed by atoms with van der Waals surface area (Å²) < 4.78 is 0. The Hall–Kier alpha value is -3.50. The largest absolute Gasteiger partial charge is 0.480 e. The number of guanidine groups is 1. The van der Waals surface area contributed by atoms with Crippen molar-refractivity contribution in [2.45, 2.75) is 82.1 Å². The van der Waals surface area contributed by atoms with Gasteiger partial charge in [0.05, 0.1) is 12.1 Å². The summed E-state index contributed by atoms with van der Waals surface area (Å²) in [5.74, 6) is -4.74. The van der Waals surface area contributed by atoms with Gasteiger partial charge in [0.1, 0.15) is 12.1 Å². The first-order valence-corrected chi connectivity index (χ1v) is 11.9. The molecule has 0 saturated carbocycles. The fourth-order valence-electron chi connectivity index (χ4n) is 3.16. The van der Waals surface area contributed by atoms with Crippen LogP contribution in [-0.4, -0.2) is 89.1 Å². The van der Waals surface area contributed by atoms with Gasteiger partial charge in [-0.2, -0.15) is 0 Å². The number of aliphatic hydroxyl groups excluding tert-OH is 1. The number of primary amides is 1. The summed E-state index contributed by atoms with van der Waals surface area (Å²) in [4.78, 5) is 64.8. The number of carboxylic acid groups (broad SMARTS) is 1. The summed E-state index contributed by atoms with van der Waals surface area (Å²) in [6.45, 7) is 1.72. The molecule has 0 aliphatic rings. The number of carboxylic acids is 1. The molecule has 37 heavy (non-hydrogen) atoms. The Kier molecular flexibility index (Phi) is 16.2. The molecule has 4 amide bonds. The average molecular weight is 532 g/mol. The number of aliphatic imine (C=N–C) groups is 1. The zero-order chi connectivity index (χ0) is 28.5. The predicted octanol–water partition coefficient (Wildman–Crippen LogP) is -4.32. The second-order valence-corrected chi connectivity index (χ2v) is 8.53. The van der Waals surface area contributed by atoms with E-state index in [0.29, 0.717) is 25.8 Å². The number of carbonyl (C=O) groups excluding carboxylic acids is 4. The molecule has 0 saturated heterocycles. The van der Waals surface area contributed by atoms with Crippen molar-refractivity contribution in [1.82, 2.24) is 16.0 Å². The SMILES string of the molecule is CC(O)C(NC(=O)C(CCCN=C(N)N)NC(=O)C(CCC(N)=O)NC(=O)C(N)CCCCN)C(=O)O. The van der Waals surface area contributed by atoms with Gasteiger partial charge in [0.2, 0.25) is 23.6 Å². The Morgan fingerprint density at radius 1 is 0.838 bits per heavy atom. The molecule has 0 aromatic rings. The lowest BCUT2D eigenvalue weighted by atomic mass is 10.0. The minimum atomic E-state index is -1.64. The third-order valence-corrected chi connectivity index (χ3v) is 5.24. The number of hydrogen-bond donors (Lipinski definition) is 10. The minimum Gasteiger partial charge on any atom is -0.480 e. The molecule has 0 spiro atoms. The number of nitrogens with two attached hydrogens (primary N) is 5. The molecular formula is C21H41N9O7. The fraction of sp³-hybridized carbons (Fsp3) is 0.714. The van der Waals surface area contributed by atoms with E-state index in [1.54, 1.807) is 0 Å². The monoisotopic (exact) mass is 531 g/mol. The van der Waals surface area contributed by atoms with Crippen LogP contribution in [-0.2, 0) is 24.0 Å². The molecule has 0 heterocycles. The van der Waals surface area contributed by atoms with Crippen molar-refractivity contribution < 1.29 is 34.2 Å². The summed E-state index contributed by atoms with van der Waals surface area (Å²) in [7, 11) is 0. The Morgan fingerprint density at radius 2 is 1.41 bits per heavy atom. The normalized spacial score (nSPS) is 14.8. The van der Waals surface area contributed by atoms with Gasteiger partial charge in [-0.1, -0.05) is 6.42 Å². The van der Waals surface area contributed by atoms with Crippen LogP contribution >= 0.6 is 0 Å². The number of carbonyl (C=O) groups is 5. The van der Waals surface area contributed by atoms with Crippen molar-refractivity contribution in [2.24, 2.45) is 33.7 Å². The molecule has 0 aromatic heterocycles. The number of nitrogens with zero attached hydrogens (tertiary/aromatic N) is 1. The van der Waals surface area contributed by atoms with Crippen LogP contribution in [0.5, 0.6) is 0 Å². The second kappa shape index (κ2) is 17.9. The highest BCUT2D eigenvalue weighted by Gasteiger charge is 2.31. The molecule has 0 radical (unpaired) electrons. The standard InChI is InChI=1S/C21H41N9O7/c1-11(31)16(20(36)37)30-19(35)13(6-4-10-27-21(25)26)29-18(34)14(7-8-15(24)32)28-17(33)12(23)5-2-3-9-22/h11-14,16,31H,2-10,22-23H2,1H3,(H2,24,32)(H,28,33)(H,29,34)(H,30,35)(H,36,37)(H4,25,26,27).